The zero-order chi connectivity index (χ0) is 18.1. The second-order valence-electron chi connectivity index (χ2n) is 6.83. The number of hydrogen-bond donors (Lipinski definition) is 1. The topological polar surface area (TPSA) is 78.4 Å². The average molecular weight is 371 g/mol. The number of piperidine rings is 1. The van der Waals surface area contributed by atoms with Gasteiger partial charge in [0.15, 0.2) is 0 Å². The zero-order valence-corrected chi connectivity index (χ0v) is 15.5. The third-order valence-electron chi connectivity index (χ3n) is 5.29. The molecule has 0 aliphatic carbocycles. The Morgan fingerprint density at radius 2 is 2.00 bits per heavy atom. The van der Waals surface area contributed by atoms with E-state index in [0.717, 1.165) is 29.9 Å². The summed E-state index contributed by atoms with van der Waals surface area (Å²) in [4.78, 5) is 29.5. The highest BCUT2D eigenvalue weighted by Gasteiger charge is 2.47. The van der Waals surface area contributed by atoms with Gasteiger partial charge in [0.1, 0.15) is 4.88 Å². The molecular weight excluding hydrogens is 350 g/mol. The van der Waals surface area contributed by atoms with E-state index < -0.39 is 0 Å². The number of rotatable bonds is 3. The molecule has 0 bridgehead atoms. The minimum atomic E-state index is -0.356. The van der Waals surface area contributed by atoms with Crippen LogP contribution in [0.1, 0.15) is 33.8 Å². The van der Waals surface area contributed by atoms with E-state index in [1.807, 2.05) is 40.1 Å². The molecule has 2 aliphatic heterocycles. The number of benzene rings is 1. The number of hydrogen-bond acceptors (Lipinski definition) is 6. The van der Waals surface area contributed by atoms with E-state index in [2.05, 4.69) is 14.9 Å². The molecule has 4 rings (SSSR count). The fourth-order valence-corrected chi connectivity index (χ4v) is 4.40. The molecule has 2 fully saturated rings. The van der Waals surface area contributed by atoms with Gasteiger partial charge < -0.3 is 9.80 Å². The SMILES string of the molecule is Cc1nnsc1C(=O)N1CCC2(CC1)NCC(=O)N2Cc1ccccc1. The Balaban J connectivity index is 1.47. The summed E-state index contributed by atoms with van der Waals surface area (Å²) >= 11 is 1.15. The predicted octanol–water partition coefficient (Wildman–Crippen LogP) is 1.41. The maximum Gasteiger partial charge on any atom is 0.267 e. The summed E-state index contributed by atoms with van der Waals surface area (Å²) in [5, 5.41) is 7.34. The quantitative estimate of drug-likeness (QED) is 0.883. The van der Waals surface area contributed by atoms with Crippen LogP contribution in [0.3, 0.4) is 0 Å². The lowest BCUT2D eigenvalue weighted by Crippen LogP contribution is -2.58. The van der Waals surface area contributed by atoms with Gasteiger partial charge in [-0.2, -0.15) is 0 Å². The maximum absolute atomic E-state index is 12.7. The van der Waals surface area contributed by atoms with Crippen molar-refractivity contribution < 1.29 is 9.59 Å². The van der Waals surface area contributed by atoms with Crippen LogP contribution in [0.2, 0.25) is 0 Å². The molecule has 1 aromatic heterocycles. The van der Waals surface area contributed by atoms with Crippen LogP contribution >= 0.6 is 11.5 Å². The third kappa shape index (κ3) is 2.99. The highest BCUT2D eigenvalue weighted by molar-refractivity contribution is 7.07. The normalized spacial score (nSPS) is 19.3. The van der Waals surface area contributed by atoms with Crippen molar-refractivity contribution in [3.05, 3.63) is 46.5 Å². The monoisotopic (exact) mass is 371 g/mol. The second-order valence-corrected chi connectivity index (χ2v) is 7.58. The first kappa shape index (κ1) is 17.1. The average Bonchev–Trinajstić information content (AvgIpc) is 3.22. The standard InChI is InChI=1S/C18H21N5O2S/c1-13-16(26-21-20-13)17(25)22-9-7-18(8-10-22)19-11-15(24)23(18)12-14-5-3-2-4-6-14/h2-6,19H,7-12H2,1H3. The lowest BCUT2D eigenvalue weighted by Gasteiger charge is -2.44. The van der Waals surface area contributed by atoms with Crippen molar-refractivity contribution in [3.8, 4) is 0 Å². The van der Waals surface area contributed by atoms with E-state index in [1.54, 1.807) is 6.92 Å². The summed E-state index contributed by atoms with van der Waals surface area (Å²) in [6.07, 6.45) is 1.45. The van der Waals surface area contributed by atoms with Gasteiger partial charge in [-0.25, -0.2) is 0 Å². The van der Waals surface area contributed by atoms with Gasteiger partial charge in [0.25, 0.3) is 5.91 Å². The molecule has 8 heteroatoms. The van der Waals surface area contributed by atoms with Gasteiger partial charge in [-0.15, -0.1) is 5.10 Å². The van der Waals surface area contributed by atoms with Crippen LogP contribution in [-0.2, 0) is 11.3 Å². The van der Waals surface area contributed by atoms with E-state index in [-0.39, 0.29) is 17.5 Å². The third-order valence-corrected chi connectivity index (χ3v) is 6.11. The fourth-order valence-electron chi connectivity index (χ4n) is 3.77. The van der Waals surface area contributed by atoms with Gasteiger partial charge in [-0.3, -0.25) is 14.9 Å². The first-order valence-electron chi connectivity index (χ1n) is 8.77. The minimum absolute atomic E-state index is 0.00807. The molecule has 2 aliphatic rings. The number of nitrogens with one attached hydrogen (secondary N) is 1. The molecule has 2 amide bonds. The molecule has 136 valence electrons. The summed E-state index contributed by atoms with van der Waals surface area (Å²) < 4.78 is 3.86. The maximum atomic E-state index is 12.7. The van der Waals surface area contributed by atoms with E-state index >= 15 is 0 Å². The van der Waals surface area contributed by atoms with Crippen LogP contribution in [-0.4, -0.2) is 56.5 Å². The lowest BCUT2D eigenvalue weighted by atomic mass is 9.95. The first-order chi connectivity index (χ1) is 12.6. The molecule has 2 aromatic rings. The second kappa shape index (κ2) is 6.77. The number of aryl methyl sites for hydroxylation is 1. The van der Waals surface area contributed by atoms with Crippen LogP contribution in [0.15, 0.2) is 30.3 Å². The van der Waals surface area contributed by atoms with E-state index in [9.17, 15) is 9.59 Å². The largest absolute Gasteiger partial charge is 0.338 e. The zero-order valence-electron chi connectivity index (χ0n) is 14.6. The Kier molecular flexibility index (Phi) is 4.46. The molecular formula is C18H21N5O2S. The molecule has 0 unspecified atom stereocenters. The number of carbonyl (C=O) groups excluding carboxylic acids is 2. The van der Waals surface area contributed by atoms with E-state index in [0.29, 0.717) is 36.8 Å². The number of nitrogens with zero attached hydrogens (tertiary/aromatic N) is 4. The molecule has 1 N–H and O–H groups in total. The Morgan fingerprint density at radius 3 is 2.65 bits per heavy atom. The summed E-state index contributed by atoms with van der Waals surface area (Å²) in [5.74, 6) is 0.113. The van der Waals surface area contributed by atoms with Crippen LogP contribution in [0.4, 0.5) is 0 Å². The highest BCUT2D eigenvalue weighted by Crippen LogP contribution is 2.32. The molecule has 0 atom stereocenters. The Morgan fingerprint density at radius 1 is 1.27 bits per heavy atom. The smallest absolute Gasteiger partial charge is 0.267 e. The molecule has 3 heterocycles. The molecule has 2 saturated heterocycles. The Labute approximate surface area is 156 Å². The molecule has 1 spiro atoms. The molecule has 1 aromatic carbocycles. The number of likely N-dealkylation sites (tertiary alicyclic amines) is 1. The van der Waals surface area contributed by atoms with Gasteiger partial charge >= 0.3 is 0 Å². The van der Waals surface area contributed by atoms with Crippen molar-refractivity contribution in [1.82, 2.24) is 24.7 Å². The van der Waals surface area contributed by atoms with E-state index in [1.165, 1.54) is 0 Å². The van der Waals surface area contributed by atoms with Gasteiger partial charge in [0.2, 0.25) is 5.91 Å². The Bertz CT molecular complexity index is 814. The lowest BCUT2D eigenvalue weighted by molar-refractivity contribution is -0.132. The van der Waals surface area contributed by atoms with Gasteiger partial charge in [0, 0.05) is 32.5 Å². The highest BCUT2D eigenvalue weighted by atomic mass is 32.1. The van der Waals surface area contributed by atoms with Crippen LogP contribution in [0.5, 0.6) is 0 Å². The van der Waals surface area contributed by atoms with Crippen molar-refractivity contribution in [3.63, 3.8) is 0 Å². The fraction of sp³-hybridized carbons (Fsp3) is 0.444. The van der Waals surface area contributed by atoms with E-state index in [4.69, 9.17) is 0 Å². The van der Waals surface area contributed by atoms with Crippen molar-refractivity contribution in [2.75, 3.05) is 19.6 Å². The summed E-state index contributed by atoms with van der Waals surface area (Å²) in [6, 6.07) is 10.0. The molecule has 26 heavy (non-hydrogen) atoms. The molecule has 0 radical (unpaired) electrons. The van der Waals surface area contributed by atoms with Crippen LogP contribution in [0.25, 0.3) is 0 Å². The summed E-state index contributed by atoms with van der Waals surface area (Å²) in [7, 11) is 0. The summed E-state index contributed by atoms with van der Waals surface area (Å²) in [6.45, 7) is 3.99. The van der Waals surface area contributed by atoms with Crippen molar-refractivity contribution in [2.45, 2.75) is 32.0 Å². The van der Waals surface area contributed by atoms with Gasteiger partial charge in [-0.1, -0.05) is 34.8 Å². The minimum Gasteiger partial charge on any atom is -0.338 e. The van der Waals surface area contributed by atoms with Crippen LogP contribution in [0, 0.1) is 6.92 Å². The number of amides is 2. The van der Waals surface area contributed by atoms with Gasteiger partial charge in [0.05, 0.1) is 17.9 Å². The number of aromatic nitrogens is 2. The number of carbonyl (C=O) groups is 2. The van der Waals surface area contributed by atoms with Crippen molar-refractivity contribution in [1.29, 1.82) is 0 Å². The van der Waals surface area contributed by atoms with Crippen molar-refractivity contribution >= 4 is 23.3 Å². The van der Waals surface area contributed by atoms with Gasteiger partial charge in [-0.05, 0) is 24.0 Å². The molecule has 7 nitrogen and oxygen atoms in total. The Hall–Kier alpha value is -2.32. The first-order valence-corrected chi connectivity index (χ1v) is 9.54. The van der Waals surface area contributed by atoms with Crippen LogP contribution < -0.4 is 5.32 Å². The summed E-state index contributed by atoms with van der Waals surface area (Å²) in [5.41, 5.74) is 1.44. The predicted molar refractivity (Wildman–Crippen MR) is 97.5 cm³/mol. The molecule has 0 saturated carbocycles. The van der Waals surface area contributed by atoms with Crippen molar-refractivity contribution in [2.24, 2.45) is 0 Å².